The number of rotatable bonds is 1. The average Bonchev–Trinajstić information content (AvgIpc) is 2.29. The van der Waals surface area contributed by atoms with Crippen molar-refractivity contribution in [1.82, 2.24) is 9.36 Å². The van der Waals surface area contributed by atoms with Crippen LogP contribution in [0.2, 0.25) is 0 Å². The molecule has 2 N–H and O–H groups in total. The highest BCUT2D eigenvalue weighted by Gasteiger charge is 2.15. The van der Waals surface area contributed by atoms with Gasteiger partial charge in [-0.2, -0.15) is 0 Å². The van der Waals surface area contributed by atoms with Gasteiger partial charge < -0.3 is 10.2 Å². The van der Waals surface area contributed by atoms with E-state index in [0.717, 1.165) is 12.1 Å². The van der Waals surface area contributed by atoms with Crippen LogP contribution in [-0.2, 0) is 7.05 Å². The van der Waals surface area contributed by atoms with Gasteiger partial charge in [0, 0.05) is 13.1 Å². The minimum Gasteiger partial charge on any atom is -0.504 e. The molecule has 1 aromatic heterocycles. The number of fused-ring (bicyclic) bond motifs is 1. The molecule has 0 aliphatic rings. The zero-order valence-corrected chi connectivity index (χ0v) is 10.3. The summed E-state index contributed by atoms with van der Waals surface area (Å²) in [6, 6.07) is 2.04. The molecular weight excluding hydrogens is 236 g/mol. The van der Waals surface area contributed by atoms with Crippen LogP contribution in [0.5, 0.6) is 11.5 Å². The fraction of sp³-hybridized carbons (Fsp3) is 0.333. The van der Waals surface area contributed by atoms with Crippen LogP contribution < -0.4 is 11.1 Å². The van der Waals surface area contributed by atoms with E-state index >= 15 is 0 Å². The van der Waals surface area contributed by atoms with Gasteiger partial charge in [-0.1, -0.05) is 0 Å². The maximum absolute atomic E-state index is 12.2. The van der Waals surface area contributed by atoms with Crippen molar-refractivity contribution >= 4 is 10.8 Å². The highest BCUT2D eigenvalue weighted by molar-refractivity contribution is 5.84. The number of phenols is 2. The first-order valence-corrected chi connectivity index (χ1v) is 5.52. The minimum atomic E-state index is -0.415. The van der Waals surface area contributed by atoms with E-state index in [-0.39, 0.29) is 22.4 Å². The second-order valence-electron chi connectivity index (χ2n) is 4.46. The lowest BCUT2D eigenvalue weighted by atomic mass is 10.1. The van der Waals surface area contributed by atoms with Crippen molar-refractivity contribution in [2.24, 2.45) is 7.05 Å². The van der Waals surface area contributed by atoms with Gasteiger partial charge in [0.05, 0.1) is 10.8 Å². The van der Waals surface area contributed by atoms with E-state index in [1.165, 1.54) is 16.4 Å². The van der Waals surface area contributed by atoms with Crippen LogP contribution in [0.25, 0.3) is 10.8 Å². The summed E-state index contributed by atoms with van der Waals surface area (Å²) in [5.41, 5.74) is -0.772. The van der Waals surface area contributed by atoms with Crippen molar-refractivity contribution in [1.29, 1.82) is 0 Å². The topological polar surface area (TPSA) is 84.5 Å². The third-order valence-electron chi connectivity index (χ3n) is 2.89. The molecule has 0 spiro atoms. The molecule has 0 saturated heterocycles. The molecular formula is C12H14N2O4. The quantitative estimate of drug-likeness (QED) is 0.729. The van der Waals surface area contributed by atoms with E-state index in [1.807, 2.05) is 0 Å². The molecule has 0 bridgehead atoms. The molecule has 0 fully saturated rings. The second kappa shape index (κ2) is 3.90. The fourth-order valence-electron chi connectivity index (χ4n) is 2.04. The van der Waals surface area contributed by atoms with Crippen molar-refractivity contribution in [2.45, 2.75) is 19.9 Å². The molecule has 6 nitrogen and oxygen atoms in total. The molecule has 0 amide bonds. The first-order valence-electron chi connectivity index (χ1n) is 5.52. The van der Waals surface area contributed by atoms with Gasteiger partial charge in [-0.3, -0.25) is 9.59 Å². The van der Waals surface area contributed by atoms with E-state index in [4.69, 9.17) is 0 Å². The third kappa shape index (κ3) is 1.57. The molecule has 0 aliphatic heterocycles. The number of aromatic nitrogens is 2. The summed E-state index contributed by atoms with van der Waals surface area (Å²) in [6.45, 7) is 3.57. The molecule has 96 valence electrons. The Hall–Kier alpha value is -2.24. The van der Waals surface area contributed by atoms with Crippen LogP contribution in [0.1, 0.15) is 19.9 Å². The van der Waals surface area contributed by atoms with Crippen LogP contribution in [0, 0.1) is 0 Å². The summed E-state index contributed by atoms with van der Waals surface area (Å²) >= 11 is 0. The number of nitrogens with zero attached hydrogens (tertiary/aromatic N) is 2. The summed E-state index contributed by atoms with van der Waals surface area (Å²) in [6.07, 6.45) is 0. The summed E-state index contributed by atoms with van der Waals surface area (Å²) in [5, 5.41) is 19.0. The van der Waals surface area contributed by atoms with Gasteiger partial charge in [0.25, 0.3) is 11.1 Å². The first-order chi connectivity index (χ1) is 8.34. The Kier molecular flexibility index (Phi) is 2.65. The van der Waals surface area contributed by atoms with E-state index in [0.29, 0.717) is 0 Å². The van der Waals surface area contributed by atoms with Crippen LogP contribution in [0.15, 0.2) is 21.7 Å². The van der Waals surface area contributed by atoms with E-state index in [1.54, 1.807) is 13.8 Å². The zero-order valence-electron chi connectivity index (χ0n) is 10.3. The standard InChI is InChI=1S/C12H14N2O4/c1-6(2)14-12(18)8-5-10(16)9(15)4-7(8)11(17)13(14)3/h4-6,15-16H,1-3H3. The predicted molar refractivity (Wildman–Crippen MR) is 67.2 cm³/mol. The molecule has 6 heteroatoms. The Bertz CT molecular complexity index is 740. The van der Waals surface area contributed by atoms with Crippen molar-refractivity contribution in [3.05, 3.63) is 32.8 Å². The average molecular weight is 250 g/mol. The highest BCUT2D eigenvalue weighted by atomic mass is 16.3. The summed E-state index contributed by atoms with van der Waals surface area (Å²) in [7, 11) is 1.49. The van der Waals surface area contributed by atoms with Gasteiger partial charge in [-0.15, -0.1) is 0 Å². The normalized spacial score (nSPS) is 11.3. The molecule has 0 radical (unpaired) electrons. The van der Waals surface area contributed by atoms with Gasteiger partial charge in [0.15, 0.2) is 11.5 Å². The summed E-state index contributed by atoms with van der Waals surface area (Å²) in [4.78, 5) is 24.3. The maximum atomic E-state index is 12.2. The zero-order chi connectivity index (χ0) is 13.6. The van der Waals surface area contributed by atoms with Crippen LogP contribution in [0.4, 0.5) is 0 Å². The van der Waals surface area contributed by atoms with Crippen LogP contribution >= 0.6 is 0 Å². The lowest BCUT2D eigenvalue weighted by Crippen LogP contribution is -2.38. The van der Waals surface area contributed by atoms with E-state index in [9.17, 15) is 19.8 Å². The number of benzene rings is 1. The smallest absolute Gasteiger partial charge is 0.273 e. The van der Waals surface area contributed by atoms with Gasteiger partial charge >= 0.3 is 0 Å². The van der Waals surface area contributed by atoms with Crippen molar-refractivity contribution in [2.75, 3.05) is 0 Å². The predicted octanol–water partition coefficient (Wildman–Crippen LogP) is 0.692. The molecule has 0 saturated carbocycles. The Balaban J connectivity index is 3.09. The maximum Gasteiger partial charge on any atom is 0.273 e. The molecule has 18 heavy (non-hydrogen) atoms. The van der Waals surface area contributed by atoms with E-state index in [2.05, 4.69) is 0 Å². The molecule has 0 aliphatic carbocycles. The minimum absolute atomic E-state index is 0.0923. The Morgan fingerprint density at radius 3 is 1.89 bits per heavy atom. The highest BCUT2D eigenvalue weighted by Crippen LogP contribution is 2.27. The third-order valence-corrected chi connectivity index (χ3v) is 2.89. The van der Waals surface area contributed by atoms with Crippen molar-refractivity contribution in [3.8, 4) is 11.5 Å². The molecule has 2 aromatic rings. The molecule has 0 atom stereocenters. The molecule has 0 unspecified atom stereocenters. The molecule has 1 heterocycles. The lowest BCUT2D eigenvalue weighted by Gasteiger charge is -2.16. The SMILES string of the molecule is CC(C)n1c(=O)c2cc(O)c(O)cc2c(=O)n1C. The van der Waals surface area contributed by atoms with E-state index < -0.39 is 17.1 Å². The Labute approximate surface area is 102 Å². The summed E-state index contributed by atoms with van der Waals surface area (Å²) < 4.78 is 2.52. The number of aromatic hydroxyl groups is 2. The van der Waals surface area contributed by atoms with Crippen LogP contribution in [-0.4, -0.2) is 19.6 Å². The van der Waals surface area contributed by atoms with Gasteiger partial charge in [-0.25, -0.2) is 9.36 Å². The Morgan fingerprint density at radius 1 is 1.00 bits per heavy atom. The number of phenolic OH excluding ortho intramolecular Hbond substituents is 2. The van der Waals surface area contributed by atoms with Gasteiger partial charge in [0.2, 0.25) is 0 Å². The van der Waals surface area contributed by atoms with Gasteiger partial charge in [-0.05, 0) is 26.0 Å². The number of hydrogen-bond donors (Lipinski definition) is 2. The second-order valence-corrected chi connectivity index (χ2v) is 4.46. The molecule has 1 aromatic carbocycles. The van der Waals surface area contributed by atoms with Crippen molar-refractivity contribution < 1.29 is 10.2 Å². The Morgan fingerprint density at radius 2 is 1.44 bits per heavy atom. The lowest BCUT2D eigenvalue weighted by molar-refractivity contribution is 0.402. The van der Waals surface area contributed by atoms with Gasteiger partial charge in [0.1, 0.15) is 0 Å². The number of hydrogen-bond acceptors (Lipinski definition) is 4. The fourth-order valence-corrected chi connectivity index (χ4v) is 2.04. The largest absolute Gasteiger partial charge is 0.504 e. The summed E-state index contributed by atoms with van der Waals surface area (Å²) in [5.74, 6) is -0.829. The van der Waals surface area contributed by atoms with Crippen LogP contribution in [0.3, 0.4) is 0 Å². The first kappa shape index (κ1) is 12.2. The molecule has 2 rings (SSSR count). The monoisotopic (exact) mass is 250 g/mol. The van der Waals surface area contributed by atoms with Crippen molar-refractivity contribution in [3.63, 3.8) is 0 Å².